The number of halogens is 1. The van der Waals surface area contributed by atoms with Crippen LogP contribution in [-0.2, 0) is 0 Å². The van der Waals surface area contributed by atoms with Gasteiger partial charge in [-0.3, -0.25) is 5.10 Å². The SMILES string of the molecule is CC(F)Oc1cc(Nc2cnc3ncn([C@@H](C)c4ccccc4)c3n2)[nH]n1. The van der Waals surface area contributed by atoms with E-state index in [1.165, 1.54) is 6.92 Å². The van der Waals surface area contributed by atoms with E-state index in [1.807, 2.05) is 22.8 Å². The van der Waals surface area contributed by atoms with E-state index in [2.05, 4.69) is 49.5 Å². The molecule has 4 rings (SSSR count). The van der Waals surface area contributed by atoms with Gasteiger partial charge in [-0.25, -0.2) is 19.3 Å². The summed E-state index contributed by atoms with van der Waals surface area (Å²) in [7, 11) is 0. The van der Waals surface area contributed by atoms with Crippen LogP contribution in [0, 0.1) is 0 Å². The van der Waals surface area contributed by atoms with Crippen molar-refractivity contribution in [3.63, 3.8) is 0 Å². The normalized spacial score (nSPS) is 13.4. The Morgan fingerprint density at radius 3 is 2.78 bits per heavy atom. The highest BCUT2D eigenvalue weighted by Crippen LogP contribution is 2.23. The summed E-state index contributed by atoms with van der Waals surface area (Å²) >= 11 is 0. The molecule has 1 unspecified atom stereocenters. The molecule has 4 aromatic rings. The first kappa shape index (κ1) is 17.0. The lowest BCUT2D eigenvalue weighted by Crippen LogP contribution is -2.07. The number of benzene rings is 1. The number of H-pyrrole nitrogens is 1. The van der Waals surface area contributed by atoms with Gasteiger partial charge in [0.2, 0.25) is 12.2 Å². The van der Waals surface area contributed by atoms with Gasteiger partial charge in [0.1, 0.15) is 5.82 Å². The standard InChI is InChI=1S/C18H18FN7O/c1-11(13-6-4-3-5-7-13)26-10-21-17-18(26)23-15(9-20-17)22-14-8-16(25-24-14)27-12(2)19/h3-12H,1-2H3,(H2,22,23,24,25)/t11-,12?/m0/s1. The second-order valence-corrected chi connectivity index (χ2v) is 6.05. The molecule has 0 aliphatic rings. The fraction of sp³-hybridized carbons (Fsp3) is 0.222. The van der Waals surface area contributed by atoms with Crippen LogP contribution in [0.4, 0.5) is 16.0 Å². The van der Waals surface area contributed by atoms with Gasteiger partial charge in [-0.2, -0.15) is 0 Å². The molecule has 0 saturated carbocycles. The Morgan fingerprint density at radius 1 is 1.19 bits per heavy atom. The van der Waals surface area contributed by atoms with Crippen LogP contribution in [0.3, 0.4) is 0 Å². The van der Waals surface area contributed by atoms with Gasteiger partial charge in [0, 0.05) is 13.0 Å². The maximum absolute atomic E-state index is 12.9. The van der Waals surface area contributed by atoms with Crippen molar-refractivity contribution in [3.8, 4) is 5.88 Å². The minimum atomic E-state index is -1.44. The highest BCUT2D eigenvalue weighted by atomic mass is 19.1. The highest BCUT2D eigenvalue weighted by molar-refractivity contribution is 5.69. The van der Waals surface area contributed by atoms with Gasteiger partial charge in [-0.05, 0) is 12.5 Å². The molecule has 138 valence electrons. The maximum Gasteiger partial charge on any atom is 0.237 e. The summed E-state index contributed by atoms with van der Waals surface area (Å²) in [5, 5.41) is 9.65. The van der Waals surface area contributed by atoms with Crippen molar-refractivity contribution in [1.29, 1.82) is 0 Å². The van der Waals surface area contributed by atoms with Crippen molar-refractivity contribution in [2.75, 3.05) is 5.32 Å². The zero-order valence-corrected chi connectivity index (χ0v) is 14.8. The molecular formula is C18H18FN7O. The van der Waals surface area contributed by atoms with E-state index < -0.39 is 6.36 Å². The first-order valence-electron chi connectivity index (χ1n) is 8.48. The van der Waals surface area contributed by atoms with E-state index in [1.54, 1.807) is 18.6 Å². The van der Waals surface area contributed by atoms with Gasteiger partial charge in [0.05, 0.1) is 18.6 Å². The van der Waals surface area contributed by atoms with Crippen LogP contribution in [0.1, 0.15) is 25.5 Å². The molecule has 0 amide bonds. The first-order valence-corrected chi connectivity index (χ1v) is 8.48. The number of imidazole rings is 1. The predicted molar refractivity (Wildman–Crippen MR) is 98.6 cm³/mol. The molecule has 0 spiro atoms. The van der Waals surface area contributed by atoms with Gasteiger partial charge < -0.3 is 14.6 Å². The molecule has 0 saturated heterocycles. The first-order chi connectivity index (χ1) is 13.1. The van der Waals surface area contributed by atoms with Crippen molar-refractivity contribution in [2.45, 2.75) is 26.2 Å². The smallest absolute Gasteiger partial charge is 0.237 e. The van der Waals surface area contributed by atoms with E-state index in [-0.39, 0.29) is 11.9 Å². The molecule has 0 aliphatic heterocycles. The lowest BCUT2D eigenvalue weighted by molar-refractivity contribution is 0.0809. The van der Waals surface area contributed by atoms with Gasteiger partial charge in [0.15, 0.2) is 17.1 Å². The van der Waals surface area contributed by atoms with Crippen molar-refractivity contribution in [2.24, 2.45) is 0 Å². The lowest BCUT2D eigenvalue weighted by atomic mass is 10.1. The molecule has 8 nitrogen and oxygen atoms in total. The van der Waals surface area contributed by atoms with Gasteiger partial charge >= 0.3 is 0 Å². The number of anilines is 2. The van der Waals surface area contributed by atoms with Gasteiger partial charge in [-0.1, -0.05) is 30.3 Å². The average molecular weight is 367 g/mol. The quantitative estimate of drug-likeness (QED) is 0.541. The number of aromatic nitrogens is 6. The Balaban J connectivity index is 1.61. The van der Waals surface area contributed by atoms with Crippen molar-refractivity contribution in [1.82, 2.24) is 29.7 Å². The molecule has 3 heterocycles. The summed E-state index contributed by atoms with van der Waals surface area (Å²) in [5.41, 5.74) is 2.36. The van der Waals surface area contributed by atoms with Crippen LogP contribution in [0.5, 0.6) is 5.88 Å². The van der Waals surface area contributed by atoms with E-state index in [9.17, 15) is 4.39 Å². The molecule has 0 radical (unpaired) electrons. The largest absolute Gasteiger partial charge is 0.442 e. The average Bonchev–Trinajstić information content (AvgIpc) is 3.28. The second-order valence-electron chi connectivity index (χ2n) is 6.05. The van der Waals surface area contributed by atoms with Crippen molar-refractivity contribution >= 4 is 22.9 Å². The van der Waals surface area contributed by atoms with Crippen LogP contribution in [-0.4, -0.2) is 36.1 Å². The number of hydrogen-bond acceptors (Lipinski definition) is 6. The van der Waals surface area contributed by atoms with Crippen LogP contribution in [0.2, 0.25) is 0 Å². The molecule has 0 aliphatic carbocycles. The van der Waals surface area contributed by atoms with Crippen LogP contribution < -0.4 is 10.1 Å². The van der Waals surface area contributed by atoms with Crippen LogP contribution >= 0.6 is 0 Å². The Kier molecular flexibility index (Phi) is 4.41. The fourth-order valence-electron chi connectivity index (χ4n) is 2.78. The number of nitrogens with one attached hydrogen (secondary N) is 2. The molecular weight excluding hydrogens is 349 g/mol. The summed E-state index contributed by atoms with van der Waals surface area (Å²) in [5.74, 6) is 1.18. The van der Waals surface area contributed by atoms with Gasteiger partial charge in [0.25, 0.3) is 0 Å². The zero-order valence-electron chi connectivity index (χ0n) is 14.8. The van der Waals surface area contributed by atoms with E-state index in [4.69, 9.17) is 4.74 Å². The highest BCUT2D eigenvalue weighted by Gasteiger charge is 2.14. The Morgan fingerprint density at radius 2 is 2.00 bits per heavy atom. The molecule has 0 bridgehead atoms. The minimum absolute atomic E-state index is 0.0546. The summed E-state index contributed by atoms with van der Waals surface area (Å²) in [4.78, 5) is 13.3. The number of ether oxygens (including phenoxy) is 1. The molecule has 2 atom stereocenters. The predicted octanol–water partition coefficient (Wildman–Crippen LogP) is 3.60. The number of alkyl halides is 1. The lowest BCUT2D eigenvalue weighted by Gasteiger charge is -2.14. The third-order valence-corrected chi connectivity index (χ3v) is 4.08. The fourth-order valence-corrected chi connectivity index (χ4v) is 2.78. The van der Waals surface area contributed by atoms with Crippen LogP contribution in [0.15, 0.2) is 48.9 Å². The van der Waals surface area contributed by atoms with Crippen LogP contribution in [0.25, 0.3) is 11.3 Å². The maximum atomic E-state index is 12.9. The van der Waals surface area contributed by atoms with E-state index >= 15 is 0 Å². The number of nitrogens with zero attached hydrogens (tertiary/aromatic N) is 5. The second kappa shape index (κ2) is 7.02. The monoisotopic (exact) mass is 367 g/mol. The molecule has 9 heteroatoms. The molecule has 0 fully saturated rings. The summed E-state index contributed by atoms with van der Waals surface area (Å²) in [6, 6.07) is 11.7. The third-order valence-electron chi connectivity index (χ3n) is 4.08. The van der Waals surface area contributed by atoms with E-state index in [0.29, 0.717) is 22.9 Å². The number of fused-ring (bicyclic) bond motifs is 1. The number of aromatic amines is 1. The third kappa shape index (κ3) is 3.57. The molecule has 1 aromatic carbocycles. The van der Waals surface area contributed by atoms with Crippen molar-refractivity contribution in [3.05, 3.63) is 54.5 Å². The molecule has 3 aromatic heterocycles. The Hall–Kier alpha value is -3.49. The number of hydrogen-bond donors (Lipinski definition) is 2. The minimum Gasteiger partial charge on any atom is -0.442 e. The van der Waals surface area contributed by atoms with Crippen molar-refractivity contribution < 1.29 is 9.13 Å². The summed E-state index contributed by atoms with van der Waals surface area (Å²) < 4.78 is 19.8. The zero-order chi connectivity index (χ0) is 18.8. The van der Waals surface area contributed by atoms with Gasteiger partial charge in [-0.15, -0.1) is 5.10 Å². The molecule has 27 heavy (non-hydrogen) atoms. The summed E-state index contributed by atoms with van der Waals surface area (Å²) in [6.07, 6.45) is 1.87. The number of rotatable bonds is 6. The Labute approximate surface area is 154 Å². The topological polar surface area (TPSA) is 93.5 Å². The molecule has 2 N–H and O–H groups in total. The van der Waals surface area contributed by atoms with E-state index in [0.717, 1.165) is 5.56 Å². The summed E-state index contributed by atoms with van der Waals surface area (Å²) in [6.45, 7) is 3.37. The Bertz CT molecular complexity index is 1040.